The van der Waals surface area contributed by atoms with Gasteiger partial charge in [-0.25, -0.2) is 0 Å². The molecule has 19 heavy (non-hydrogen) atoms. The molecule has 1 heterocycles. The van der Waals surface area contributed by atoms with Crippen molar-refractivity contribution in [2.75, 3.05) is 26.2 Å². The molecule has 2 heteroatoms. The predicted molar refractivity (Wildman–Crippen MR) is 81.4 cm³/mol. The molecule has 0 aromatic carbocycles. The van der Waals surface area contributed by atoms with E-state index in [0.717, 1.165) is 17.9 Å². The average molecular weight is 264 g/mol. The number of fused-ring (bicyclic) bond motifs is 1. The minimum Gasteiger partial charge on any atom is -0.314 e. The van der Waals surface area contributed by atoms with Crippen LogP contribution in [0, 0.1) is 11.8 Å². The molecule has 0 amide bonds. The van der Waals surface area contributed by atoms with E-state index in [1.165, 1.54) is 90.4 Å². The fourth-order valence-corrected chi connectivity index (χ4v) is 4.62. The van der Waals surface area contributed by atoms with Crippen LogP contribution in [0.25, 0.3) is 0 Å². The van der Waals surface area contributed by atoms with Gasteiger partial charge in [0, 0.05) is 12.6 Å². The van der Waals surface area contributed by atoms with Gasteiger partial charge in [0.2, 0.25) is 0 Å². The first kappa shape index (κ1) is 13.9. The van der Waals surface area contributed by atoms with Gasteiger partial charge >= 0.3 is 0 Å². The summed E-state index contributed by atoms with van der Waals surface area (Å²) in [6.45, 7) is 5.37. The highest BCUT2D eigenvalue weighted by Crippen LogP contribution is 2.35. The lowest BCUT2D eigenvalue weighted by Crippen LogP contribution is -2.42. The Hall–Kier alpha value is -0.0800. The number of nitrogens with one attached hydrogen (secondary N) is 1. The zero-order valence-electron chi connectivity index (χ0n) is 12.6. The van der Waals surface area contributed by atoms with Crippen LogP contribution in [0.3, 0.4) is 0 Å². The molecule has 0 spiro atoms. The number of likely N-dealkylation sites (tertiary alicyclic amines) is 1. The third kappa shape index (κ3) is 3.95. The number of rotatable bonds is 5. The first-order chi connectivity index (χ1) is 9.42. The van der Waals surface area contributed by atoms with Crippen molar-refractivity contribution < 1.29 is 0 Å². The van der Waals surface area contributed by atoms with Crippen molar-refractivity contribution in [1.29, 1.82) is 0 Å². The Morgan fingerprint density at radius 3 is 2.42 bits per heavy atom. The Morgan fingerprint density at radius 2 is 1.58 bits per heavy atom. The Balaban J connectivity index is 1.30. The van der Waals surface area contributed by atoms with Crippen LogP contribution < -0.4 is 5.32 Å². The summed E-state index contributed by atoms with van der Waals surface area (Å²) in [5, 5.41) is 3.75. The number of nitrogens with zero attached hydrogens (tertiary/aromatic N) is 1. The molecule has 3 fully saturated rings. The molecule has 2 saturated carbocycles. The SMILES string of the molecule is C1CCC(NCCCN2CCC3CCCCC3C2)C1. The molecule has 1 N–H and O–H groups in total. The van der Waals surface area contributed by atoms with Gasteiger partial charge in [-0.2, -0.15) is 0 Å². The van der Waals surface area contributed by atoms with Gasteiger partial charge in [-0.1, -0.05) is 32.1 Å². The predicted octanol–water partition coefficient (Wildman–Crippen LogP) is 3.42. The largest absolute Gasteiger partial charge is 0.314 e. The molecular formula is C17H32N2. The first-order valence-electron chi connectivity index (χ1n) is 8.87. The Labute approximate surface area is 119 Å². The van der Waals surface area contributed by atoms with Gasteiger partial charge in [-0.15, -0.1) is 0 Å². The summed E-state index contributed by atoms with van der Waals surface area (Å²) < 4.78 is 0. The fraction of sp³-hybridized carbons (Fsp3) is 1.00. The molecule has 0 aromatic rings. The van der Waals surface area contributed by atoms with Gasteiger partial charge in [0.15, 0.2) is 0 Å². The van der Waals surface area contributed by atoms with Crippen molar-refractivity contribution in [2.45, 2.75) is 70.3 Å². The quantitative estimate of drug-likeness (QED) is 0.765. The second-order valence-corrected chi connectivity index (χ2v) is 7.18. The first-order valence-corrected chi connectivity index (χ1v) is 8.87. The van der Waals surface area contributed by atoms with E-state index in [9.17, 15) is 0 Å². The molecule has 2 unspecified atom stereocenters. The highest BCUT2D eigenvalue weighted by molar-refractivity contribution is 4.83. The Kier molecular flexibility index (Phi) is 5.17. The summed E-state index contributed by atoms with van der Waals surface area (Å²) in [5.41, 5.74) is 0. The summed E-state index contributed by atoms with van der Waals surface area (Å²) in [4.78, 5) is 2.75. The van der Waals surface area contributed by atoms with Crippen LogP contribution in [0.1, 0.15) is 64.2 Å². The summed E-state index contributed by atoms with van der Waals surface area (Å²) >= 11 is 0. The molecule has 2 nitrogen and oxygen atoms in total. The van der Waals surface area contributed by atoms with Crippen LogP contribution in [0.4, 0.5) is 0 Å². The van der Waals surface area contributed by atoms with Gasteiger partial charge in [-0.3, -0.25) is 0 Å². The standard InChI is InChI=1S/C17H32N2/c1-2-7-16-14-19(13-10-15(16)6-1)12-5-11-18-17-8-3-4-9-17/h15-18H,1-14H2. The second kappa shape index (κ2) is 7.08. The van der Waals surface area contributed by atoms with E-state index in [4.69, 9.17) is 0 Å². The summed E-state index contributed by atoms with van der Waals surface area (Å²) in [6.07, 6.45) is 14.6. The minimum absolute atomic E-state index is 0.851. The molecule has 0 bridgehead atoms. The number of piperidine rings is 1. The van der Waals surface area contributed by atoms with E-state index >= 15 is 0 Å². The van der Waals surface area contributed by atoms with Crippen molar-refractivity contribution in [3.8, 4) is 0 Å². The highest BCUT2D eigenvalue weighted by atomic mass is 15.1. The van der Waals surface area contributed by atoms with Crippen molar-refractivity contribution in [2.24, 2.45) is 11.8 Å². The molecule has 3 aliphatic rings. The van der Waals surface area contributed by atoms with Crippen LogP contribution in [-0.4, -0.2) is 37.1 Å². The van der Waals surface area contributed by atoms with E-state index in [-0.39, 0.29) is 0 Å². The third-order valence-corrected chi connectivity index (χ3v) is 5.81. The fourth-order valence-electron chi connectivity index (χ4n) is 4.62. The number of hydrogen-bond acceptors (Lipinski definition) is 2. The molecule has 3 rings (SSSR count). The maximum Gasteiger partial charge on any atom is 0.00670 e. The highest BCUT2D eigenvalue weighted by Gasteiger charge is 2.30. The monoisotopic (exact) mass is 264 g/mol. The molecule has 0 radical (unpaired) electrons. The maximum absolute atomic E-state index is 3.75. The van der Waals surface area contributed by atoms with E-state index < -0.39 is 0 Å². The molecule has 1 saturated heterocycles. The summed E-state index contributed by atoms with van der Waals surface area (Å²) in [7, 11) is 0. The number of hydrogen-bond donors (Lipinski definition) is 1. The molecule has 2 aliphatic carbocycles. The van der Waals surface area contributed by atoms with Crippen LogP contribution in [0.2, 0.25) is 0 Å². The summed E-state index contributed by atoms with van der Waals surface area (Å²) in [5.74, 6) is 2.13. The average Bonchev–Trinajstić information content (AvgIpc) is 2.97. The summed E-state index contributed by atoms with van der Waals surface area (Å²) in [6, 6.07) is 0.851. The third-order valence-electron chi connectivity index (χ3n) is 5.81. The van der Waals surface area contributed by atoms with Gasteiger partial charge in [0.1, 0.15) is 0 Å². The van der Waals surface area contributed by atoms with Crippen molar-refractivity contribution in [3.63, 3.8) is 0 Å². The van der Waals surface area contributed by atoms with Crippen LogP contribution >= 0.6 is 0 Å². The zero-order valence-corrected chi connectivity index (χ0v) is 12.6. The van der Waals surface area contributed by atoms with Crippen LogP contribution in [0.5, 0.6) is 0 Å². The molecular weight excluding hydrogens is 232 g/mol. The lowest BCUT2D eigenvalue weighted by Gasteiger charge is -2.41. The van der Waals surface area contributed by atoms with Gasteiger partial charge in [-0.05, 0) is 63.6 Å². The minimum atomic E-state index is 0.851. The normalized spacial score (nSPS) is 33.5. The van der Waals surface area contributed by atoms with E-state index in [0.29, 0.717) is 0 Å². The Morgan fingerprint density at radius 1 is 0.842 bits per heavy atom. The molecule has 110 valence electrons. The van der Waals surface area contributed by atoms with Gasteiger partial charge < -0.3 is 10.2 Å². The van der Waals surface area contributed by atoms with E-state index in [1.807, 2.05) is 0 Å². The van der Waals surface area contributed by atoms with Crippen molar-refractivity contribution >= 4 is 0 Å². The lowest BCUT2D eigenvalue weighted by atomic mass is 9.75. The lowest BCUT2D eigenvalue weighted by molar-refractivity contribution is 0.0860. The topological polar surface area (TPSA) is 15.3 Å². The molecule has 2 atom stereocenters. The smallest absolute Gasteiger partial charge is 0.00670 e. The Bertz CT molecular complexity index is 260. The molecule has 0 aromatic heterocycles. The van der Waals surface area contributed by atoms with E-state index in [1.54, 1.807) is 0 Å². The maximum atomic E-state index is 3.75. The van der Waals surface area contributed by atoms with Crippen molar-refractivity contribution in [3.05, 3.63) is 0 Å². The van der Waals surface area contributed by atoms with Crippen molar-refractivity contribution in [1.82, 2.24) is 10.2 Å². The zero-order chi connectivity index (χ0) is 12.9. The van der Waals surface area contributed by atoms with E-state index in [2.05, 4.69) is 10.2 Å². The van der Waals surface area contributed by atoms with Crippen LogP contribution in [-0.2, 0) is 0 Å². The van der Waals surface area contributed by atoms with Crippen LogP contribution in [0.15, 0.2) is 0 Å². The second-order valence-electron chi connectivity index (χ2n) is 7.18. The van der Waals surface area contributed by atoms with Gasteiger partial charge in [0.05, 0.1) is 0 Å². The van der Waals surface area contributed by atoms with Gasteiger partial charge in [0.25, 0.3) is 0 Å². The molecule has 1 aliphatic heterocycles.